The first-order chi connectivity index (χ1) is 14.3. The largest absolute Gasteiger partial charge is 0.512 e. The number of aliphatic hydroxyl groups excluding tert-OH is 1. The number of aromatic nitrogens is 1. The minimum atomic E-state index is -0.417. The molecule has 0 atom stereocenters. The Hall–Kier alpha value is -2.29. The number of aryl methyl sites for hydroxylation is 2. The molecule has 0 aliphatic rings. The van der Waals surface area contributed by atoms with Crippen LogP contribution in [0.1, 0.15) is 52.7 Å². The van der Waals surface area contributed by atoms with Gasteiger partial charge in [-0.1, -0.05) is 72.2 Å². The Kier molecular flexibility index (Phi) is 9.56. The van der Waals surface area contributed by atoms with Gasteiger partial charge in [-0.05, 0) is 30.1 Å². The van der Waals surface area contributed by atoms with E-state index in [0.29, 0.717) is 0 Å². The maximum Gasteiger partial charge on any atom is 0.164 e. The van der Waals surface area contributed by atoms with Crippen LogP contribution in [0.25, 0.3) is 22.2 Å². The summed E-state index contributed by atoms with van der Waals surface area (Å²) in [4.78, 5) is 16.2. The Morgan fingerprint density at radius 1 is 0.906 bits per heavy atom. The molecular weight excluding hydrogens is 575 g/mol. The maximum absolute atomic E-state index is 11.5. The zero-order chi connectivity index (χ0) is 23.4. The van der Waals surface area contributed by atoms with Crippen molar-refractivity contribution in [1.82, 2.24) is 4.98 Å². The summed E-state index contributed by atoms with van der Waals surface area (Å²) in [5, 5.41) is 10.7. The average Bonchev–Trinajstić information content (AvgIpc) is 2.67. The fourth-order valence-corrected chi connectivity index (χ4v) is 2.61. The summed E-state index contributed by atoms with van der Waals surface area (Å²) in [6, 6.07) is 19.9. The predicted octanol–water partition coefficient (Wildman–Crippen LogP) is 7.41. The number of allylic oxidation sites excluding steroid dienone is 2. The molecule has 0 spiro atoms. The molecule has 1 radical (unpaired) electrons. The van der Waals surface area contributed by atoms with Gasteiger partial charge in [0.15, 0.2) is 5.78 Å². The zero-order valence-electron chi connectivity index (χ0n) is 20.3. The van der Waals surface area contributed by atoms with E-state index >= 15 is 0 Å². The van der Waals surface area contributed by atoms with Crippen molar-refractivity contribution >= 4 is 16.7 Å². The third-order valence-corrected chi connectivity index (χ3v) is 4.86. The molecule has 0 fully saturated rings. The molecule has 3 nitrogen and oxygen atoms in total. The molecule has 4 heteroatoms. The molecule has 173 valence electrons. The average molecular weight is 609 g/mol. The van der Waals surface area contributed by atoms with Crippen molar-refractivity contribution < 1.29 is 30.0 Å². The molecule has 1 heterocycles. The number of benzene rings is 2. The Bertz CT molecular complexity index is 1090. The van der Waals surface area contributed by atoms with Crippen molar-refractivity contribution in [2.75, 3.05) is 0 Å². The van der Waals surface area contributed by atoms with Crippen LogP contribution in [0.4, 0.5) is 0 Å². The topological polar surface area (TPSA) is 50.2 Å². The summed E-state index contributed by atoms with van der Waals surface area (Å²) in [7, 11) is 0. The van der Waals surface area contributed by atoms with Gasteiger partial charge in [-0.25, -0.2) is 0 Å². The monoisotopic (exact) mass is 609 g/mol. The van der Waals surface area contributed by atoms with Gasteiger partial charge in [0, 0.05) is 37.0 Å². The van der Waals surface area contributed by atoms with Crippen LogP contribution in [-0.2, 0) is 24.9 Å². The fraction of sp³-hybridized carbons (Fsp3) is 0.357. The van der Waals surface area contributed by atoms with E-state index in [9.17, 15) is 9.90 Å². The third kappa shape index (κ3) is 8.00. The number of hydrogen-bond donors (Lipinski definition) is 1. The number of rotatable bonds is 2. The molecule has 32 heavy (non-hydrogen) atoms. The molecule has 1 N–H and O–H groups in total. The Labute approximate surface area is 206 Å². The number of ketones is 1. The first-order valence-corrected chi connectivity index (χ1v) is 10.6. The zero-order valence-corrected chi connectivity index (χ0v) is 22.7. The normalized spacial score (nSPS) is 11.9. The van der Waals surface area contributed by atoms with Crippen molar-refractivity contribution in [2.45, 2.75) is 55.4 Å². The molecule has 0 saturated carbocycles. The van der Waals surface area contributed by atoms with E-state index in [1.165, 1.54) is 22.6 Å². The van der Waals surface area contributed by atoms with E-state index in [4.69, 9.17) is 0 Å². The molecule has 0 bridgehead atoms. The summed E-state index contributed by atoms with van der Waals surface area (Å²) in [6.45, 7) is 15.3. The van der Waals surface area contributed by atoms with Crippen LogP contribution in [0.3, 0.4) is 0 Å². The van der Waals surface area contributed by atoms with Gasteiger partial charge in [-0.2, -0.15) is 0 Å². The van der Waals surface area contributed by atoms with Crippen LogP contribution >= 0.6 is 0 Å². The van der Waals surface area contributed by atoms with Crippen LogP contribution in [0, 0.1) is 30.7 Å². The first-order valence-electron chi connectivity index (χ1n) is 10.6. The minimum absolute atomic E-state index is 0. The molecule has 3 aromatic rings. The Morgan fingerprint density at radius 3 is 2.06 bits per heavy atom. The van der Waals surface area contributed by atoms with Gasteiger partial charge in [0.1, 0.15) is 5.76 Å². The van der Waals surface area contributed by atoms with Crippen LogP contribution in [0.5, 0.6) is 0 Å². The smallest absolute Gasteiger partial charge is 0.164 e. The summed E-state index contributed by atoms with van der Waals surface area (Å²) < 4.78 is 0. The van der Waals surface area contributed by atoms with Gasteiger partial charge < -0.3 is 5.11 Å². The number of fused-ring (bicyclic) bond motifs is 1. The number of aliphatic hydroxyl groups is 1. The summed E-state index contributed by atoms with van der Waals surface area (Å²) in [5.74, 6) is 0.104. The van der Waals surface area contributed by atoms with Crippen LogP contribution < -0.4 is 0 Å². The standard InChI is InChI=1S/C17H14N.C11H20O2.Ir/c1-12-3-6-14(7-4-12)16-10-8-15-11-13(2)5-9-17(15)18-16;1-10(2,3)8(12)7-9(13)11(4,5)6;/h3-6,8-11H,1-2H3;7,12H,1-6H3;/q-1;;/b;8-7-;. The van der Waals surface area contributed by atoms with Crippen LogP contribution in [0.2, 0.25) is 0 Å². The summed E-state index contributed by atoms with van der Waals surface area (Å²) in [6.07, 6.45) is 1.33. The second kappa shape index (κ2) is 11.0. The molecule has 3 rings (SSSR count). The molecule has 0 amide bonds. The summed E-state index contributed by atoms with van der Waals surface area (Å²) in [5.41, 5.74) is 4.77. The van der Waals surface area contributed by atoms with Gasteiger partial charge in [0.25, 0.3) is 0 Å². The van der Waals surface area contributed by atoms with E-state index in [2.05, 4.69) is 67.4 Å². The Morgan fingerprint density at radius 2 is 1.53 bits per heavy atom. The second-order valence-corrected chi connectivity index (χ2v) is 10.1. The van der Waals surface area contributed by atoms with Gasteiger partial charge >= 0.3 is 0 Å². The molecule has 1 aromatic heterocycles. The van der Waals surface area contributed by atoms with Crippen LogP contribution in [-0.4, -0.2) is 15.9 Å². The van der Waals surface area contributed by atoms with Gasteiger partial charge in [-0.3, -0.25) is 9.78 Å². The van der Waals surface area contributed by atoms with Crippen molar-refractivity contribution in [1.29, 1.82) is 0 Å². The SMILES string of the molecule is CC(C)(C)C(=O)/C=C(\O)C(C)(C)C.Cc1c[c-]c(-c2ccc3cc(C)ccc3n2)cc1.[Ir]. The van der Waals surface area contributed by atoms with E-state index in [1.54, 1.807) is 0 Å². The second-order valence-electron chi connectivity index (χ2n) is 10.1. The number of nitrogens with zero attached hydrogens (tertiary/aromatic N) is 1. The molecule has 2 aromatic carbocycles. The summed E-state index contributed by atoms with van der Waals surface area (Å²) >= 11 is 0. The van der Waals surface area contributed by atoms with Crippen molar-refractivity contribution in [3.05, 3.63) is 77.6 Å². The first kappa shape index (κ1) is 27.7. The molecule has 0 unspecified atom stereocenters. The Balaban J connectivity index is 0.000000330. The van der Waals surface area contributed by atoms with E-state index in [1.807, 2.05) is 47.6 Å². The van der Waals surface area contributed by atoms with Gasteiger partial charge in [0.2, 0.25) is 0 Å². The van der Waals surface area contributed by atoms with E-state index < -0.39 is 5.41 Å². The number of hydrogen-bond acceptors (Lipinski definition) is 3. The van der Waals surface area contributed by atoms with Crippen molar-refractivity contribution in [3.63, 3.8) is 0 Å². The van der Waals surface area contributed by atoms with Crippen molar-refractivity contribution in [3.8, 4) is 11.3 Å². The fourth-order valence-electron chi connectivity index (χ4n) is 2.61. The third-order valence-electron chi connectivity index (χ3n) is 4.86. The number of carbonyl (C=O) groups is 1. The van der Waals surface area contributed by atoms with E-state index in [-0.39, 0.29) is 37.1 Å². The molecule has 0 aliphatic heterocycles. The van der Waals surface area contributed by atoms with Gasteiger partial charge in [-0.15, -0.1) is 35.4 Å². The predicted molar refractivity (Wildman–Crippen MR) is 130 cm³/mol. The molecule has 0 aliphatic carbocycles. The maximum atomic E-state index is 11.5. The van der Waals surface area contributed by atoms with E-state index in [0.717, 1.165) is 16.8 Å². The van der Waals surface area contributed by atoms with Crippen LogP contribution in [0.15, 0.2) is 60.4 Å². The number of carbonyl (C=O) groups excluding carboxylic acids is 1. The molecular formula is C28H34IrNO2-. The molecule has 0 saturated heterocycles. The number of pyridine rings is 1. The van der Waals surface area contributed by atoms with Crippen molar-refractivity contribution in [2.24, 2.45) is 10.8 Å². The quantitative estimate of drug-likeness (QED) is 0.187. The van der Waals surface area contributed by atoms with Gasteiger partial charge in [0.05, 0.1) is 5.52 Å². The minimum Gasteiger partial charge on any atom is -0.512 e.